The molecule has 0 radical (unpaired) electrons. The summed E-state index contributed by atoms with van der Waals surface area (Å²) in [6.07, 6.45) is 11.2. The van der Waals surface area contributed by atoms with Crippen molar-refractivity contribution in [1.29, 1.82) is 0 Å². The molecule has 124 valence electrons. The predicted octanol–water partition coefficient (Wildman–Crippen LogP) is 2.85. The molecule has 1 saturated heterocycles. The van der Waals surface area contributed by atoms with E-state index in [0.717, 1.165) is 47.4 Å². The Morgan fingerprint density at radius 2 is 2.32 bits per heavy atom. The molecule has 0 saturated carbocycles. The Bertz CT molecular complexity index is 955. The molecule has 1 N–H and O–H groups in total. The third kappa shape index (κ3) is 2.99. The number of carbonyl (C=O) groups is 1. The van der Waals surface area contributed by atoms with Gasteiger partial charge in [0.1, 0.15) is 5.82 Å². The number of rotatable bonds is 3. The van der Waals surface area contributed by atoms with E-state index in [1.54, 1.807) is 12.4 Å². The third-order valence-corrected chi connectivity index (χ3v) is 4.63. The molecule has 0 bridgehead atoms. The second-order valence-electron chi connectivity index (χ2n) is 6.28. The Balaban J connectivity index is 1.59. The van der Waals surface area contributed by atoms with Crippen molar-refractivity contribution in [2.45, 2.75) is 25.3 Å². The topological polar surface area (TPSA) is 61.9 Å². The first-order valence-corrected chi connectivity index (χ1v) is 8.39. The lowest BCUT2D eigenvalue weighted by atomic mass is 10.1. The summed E-state index contributed by atoms with van der Waals surface area (Å²) in [6, 6.07) is 9.49. The number of benzene rings is 1. The molecule has 1 aliphatic heterocycles. The van der Waals surface area contributed by atoms with Crippen LogP contribution < -0.4 is 0 Å². The van der Waals surface area contributed by atoms with Gasteiger partial charge in [-0.05, 0) is 42.7 Å². The Kier molecular flexibility index (Phi) is 3.95. The van der Waals surface area contributed by atoms with Crippen molar-refractivity contribution in [1.82, 2.24) is 19.9 Å². The zero-order valence-corrected chi connectivity index (χ0v) is 13.8. The molecule has 1 amide bonds. The first-order chi connectivity index (χ1) is 12.2. The Labute approximate surface area is 146 Å². The maximum Gasteiger partial charge on any atom is 0.227 e. The summed E-state index contributed by atoms with van der Waals surface area (Å²) >= 11 is 0. The summed E-state index contributed by atoms with van der Waals surface area (Å²) in [7, 11) is 0. The van der Waals surface area contributed by atoms with E-state index < -0.39 is 0 Å². The second kappa shape index (κ2) is 6.40. The first kappa shape index (κ1) is 15.4. The highest BCUT2D eigenvalue weighted by Crippen LogP contribution is 2.32. The van der Waals surface area contributed by atoms with Crippen LogP contribution in [0.2, 0.25) is 0 Å². The molecule has 0 aliphatic carbocycles. The van der Waals surface area contributed by atoms with Gasteiger partial charge in [0.15, 0.2) is 0 Å². The SMILES string of the molecule is C#Cc1ccc2nc([C@@H]3CCCN3C(=O)Cc3cccnc3)[nH]c2c1. The minimum absolute atomic E-state index is 0.00847. The Hall–Kier alpha value is -3.13. The summed E-state index contributed by atoms with van der Waals surface area (Å²) in [5, 5.41) is 0. The lowest BCUT2D eigenvalue weighted by Crippen LogP contribution is -2.32. The number of carbonyl (C=O) groups excluding carboxylic acids is 1. The van der Waals surface area contributed by atoms with Crippen LogP contribution in [-0.2, 0) is 11.2 Å². The lowest BCUT2D eigenvalue weighted by molar-refractivity contribution is -0.131. The van der Waals surface area contributed by atoms with Gasteiger partial charge in [0.2, 0.25) is 5.91 Å². The number of nitrogens with one attached hydrogen (secondary N) is 1. The van der Waals surface area contributed by atoms with Crippen molar-refractivity contribution in [3.05, 3.63) is 59.7 Å². The molecule has 0 unspecified atom stereocenters. The average molecular weight is 330 g/mol. The molecule has 3 aromatic rings. The van der Waals surface area contributed by atoms with E-state index in [4.69, 9.17) is 6.42 Å². The summed E-state index contributed by atoms with van der Waals surface area (Å²) in [6.45, 7) is 0.760. The highest BCUT2D eigenvalue weighted by atomic mass is 16.2. The van der Waals surface area contributed by atoms with Crippen LogP contribution in [-0.4, -0.2) is 32.3 Å². The summed E-state index contributed by atoms with van der Waals surface area (Å²) in [4.78, 5) is 26.8. The number of aromatic nitrogens is 3. The molecule has 1 fully saturated rings. The monoisotopic (exact) mass is 330 g/mol. The van der Waals surface area contributed by atoms with Crippen LogP contribution >= 0.6 is 0 Å². The quantitative estimate of drug-likeness (QED) is 0.751. The highest BCUT2D eigenvalue weighted by Gasteiger charge is 2.32. The lowest BCUT2D eigenvalue weighted by Gasteiger charge is -2.23. The van der Waals surface area contributed by atoms with Crippen LogP contribution in [0.15, 0.2) is 42.7 Å². The van der Waals surface area contributed by atoms with Gasteiger partial charge < -0.3 is 9.88 Å². The van der Waals surface area contributed by atoms with Gasteiger partial charge >= 0.3 is 0 Å². The van der Waals surface area contributed by atoms with Gasteiger partial charge in [-0.3, -0.25) is 9.78 Å². The van der Waals surface area contributed by atoms with E-state index >= 15 is 0 Å². The minimum atomic E-state index is -0.00847. The maximum absolute atomic E-state index is 12.7. The first-order valence-electron chi connectivity index (χ1n) is 8.39. The van der Waals surface area contributed by atoms with E-state index in [0.29, 0.717) is 6.42 Å². The van der Waals surface area contributed by atoms with Crippen molar-refractivity contribution in [2.24, 2.45) is 0 Å². The largest absolute Gasteiger partial charge is 0.340 e. The van der Waals surface area contributed by atoms with Crippen molar-refractivity contribution >= 4 is 16.9 Å². The number of H-pyrrole nitrogens is 1. The van der Waals surface area contributed by atoms with Crippen molar-refractivity contribution in [2.75, 3.05) is 6.54 Å². The normalized spacial score (nSPS) is 16.9. The molecule has 0 spiro atoms. The molecule has 5 nitrogen and oxygen atoms in total. The summed E-state index contributed by atoms with van der Waals surface area (Å²) in [5.74, 6) is 3.58. The molecule has 2 aromatic heterocycles. The molecule has 1 aromatic carbocycles. The number of fused-ring (bicyclic) bond motifs is 1. The van der Waals surface area contributed by atoms with E-state index in [9.17, 15) is 4.79 Å². The van der Waals surface area contributed by atoms with Crippen LogP contribution in [0.1, 0.15) is 35.8 Å². The van der Waals surface area contributed by atoms with Crippen molar-refractivity contribution in [3.63, 3.8) is 0 Å². The van der Waals surface area contributed by atoms with Crippen LogP contribution in [0.3, 0.4) is 0 Å². The highest BCUT2D eigenvalue weighted by molar-refractivity contribution is 5.80. The molecular weight excluding hydrogens is 312 g/mol. The number of terminal acetylenes is 1. The van der Waals surface area contributed by atoms with E-state index in [2.05, 4.69) is 20.9 Å². The molecule has 25 heavy (non-hydrogen) atoms. The molecule has 1 atom stereocenters. The Morgan fingerprint density at radius 1 is 1.40 bits per heavy atom. The van der Waals surface area contributed by atoms with Gasteiger partial charge in [0, 0.05) is 24.5 Å². The van der Waals surface area contributed by atoms with Gasteiger partial charge in [-0.1, -0.05) is 12.0 Å². The number of amides is 1. The standard InChI is InChI=1S/C20H18N4O/c1-2-14-7-8-16-17(11-14)23-20(22-16)18-6-4-10-24(18)19(25)12-15-5-3-9-21-13-15/h1,3,5,7-9,11,13,18H,4,6,10,12H2,(H,22,23)/t18-/m0/s1. The van der Waals surface area contributed by atoms with Crippen LogP contribution in [0, 0.1) is 12.3 Å². The Morgan fingerprint density at radius 3 is 3.12 bits per heavy atom. The zero-order chi connectivity index (χ0) is 17.2. The molecule has 4 rings (SSSR count). The van der Waals surface area contributed by atoms with Crippen molar-refractivity contribution in [3.8, 4) is 12.3 Å². The number of aromatic amines is 1. The summed E-state index contributed by atoms with van der Waals surface area (Å²) < 4.78 is 0. The van der Waals surface area contributed by atoms with Gasteiger partial charge in [-0.15, -0.1) is 6.42 Å². The van der Waals surface area contributed by atoms with Gasteiger partial charge in [-0.2, -0.15) is 0 Å². The fourth-order valence-corrected chi connectivity index (χ4v) is 3.41. The smallest absolute Gasteiger partial charge is 0.227 e. The molecule has 3 heterocycles. The van der Waals surface area contributed by atoms with Crippen LogP contribution in [0.5, 0.6) is 0 Å². The summed E-state index contributed by atoms with van der Waals surface area (Å²) in [5.41, 5.74) is 3.54. The number of hydrogen-bond acceptors (Lipinski definition) is 3. The predicted molar refractivity (Wildman–Crippen MR) is 95.7 cm³/mol. The van der Waals surface area contributed by atoms with Gasteiger partial charge in [-0.25, -0.2) is 4.98 Å². The fraction of sp³-hybridized carbons (Fsp3) is 0.250. The number of imidazole rings is 1. The molecule has 5 heteroatoms. The van der Waals surface area contributed by atoms with E-state index in [-0.39, 0.29) is 11.9 Å². The average Bonchev–Trinajstić information content (AvgIpc) is 3.28. The number of likely N-dealkylation sites (tertiary alicyclic amines) is 1. The van der Waals surface area contributed by atoms with Crippen molar-refractivity contribution < 1.29 is 4.79 Å². The third-order valence-electron chi connectivity index (χ3n) is 4.63. The second-order valence-corrected chi connectivity index (χ2v) is 6.28. The maximum atomic E-state index is 12.7. The zero-order valence-electron chi connectivity index (χ0n) is 13.8. The minimum Gasteiger partial charge on any atom is -0.340 e. The van der Waals surface area contributed by atoms with Gasteiger partial charge in [0.25, 0.3) is 0 Å². The van der Waals surface area contributed by atoms with Gasteiger partial charge in [0.05, 0.1) is 23.5 Å². The van der Waals surface area contributed by atoms with E-state index in [1.807, 2.05) is 35.2 Å². The fourth-order valence-electron chi connectivity index (χ4n) is 3.41. The van der Waals surface area contributed by atoms with Crippen LogP contribution in [0.4, 0.5) is 0 Å². The van der Waals surface area contributed by atoms with E-state index in [1.165, 1.54) is 0 Å². The van der Waals surface area contributed by atoms with Crippen LogP contribution in [0.25, 0.3) is 11.0 Å². The number of pyridine rings is 1. The number of hydrogen-bond donors (Lipinski definition) is 1. The molecular formula is C20H18N4O. The number of nitrogens with zero attached hydrogens (tertiary/aromatic N) is 3. The molecule has 1 aliphatic rings.